The first-order valence-electron chi connectivity index (χ1n) is 13.7. The Balaban J connectivity index is 1.85. The molecule has 4 heterocycles. The SMILES string of the molecule is C=CC(=O)N1CC(C)N(c2nc(=O)n(-c3c(Cl)ccnc3C(C)C)c3nc(OC)c(-c4ccccc4F)cc23)CC1C. The summed E-state index contributed by atoms with van der Waals surface area (Å²) < 4.78 is 22.1. The van der Waals surface area contributed by atoms with Crippen LogP contribution in [0.5, 0.6) is 5.88 Å². The van der Waals surface area contributed by atoms with Gasteiger partial charge < -0.3 is 14.5 Å². The van der Waals surface area contributed by atoms with Gasteiger partial charge in [-0.25, -0.2) is 13.8 Å². The average Bonchev–Trinajstić information content (AvgIpc) is 2.97. The van der Waals surface area contributed by atoms with Gasteiger partial charge in [0.05, 0.1) is 28.9 Å². The Kier molecular flexibility index (Phi) is 8.01. The van der Waals surface area contributed by atoms with E-state index < -0.39 is 11.5 Å². The highest BCUT2D eigenvalue weighted by molar-refractivity contribution is 6.32. The average molecular weight is 591 g/mol. The number of carbonyl (C=O) groups is 1. The number of halogens is 2. The number of rotatable bonds is 6. The number of hydrogen-bond acceptors (Lipinski definition) is 7. The molecule has 3 aromatic heterocycles. The molecule has 0 N–H and O–H groups in total. The number of nitrogens with zero attached hydrogens (tertiary/aromatic N) is 6. The van der Waals surface area contributed by atoms with Gasteiger partial charge in [0.2, 0.25) is 11.8 Å². The molecule has 2 atom stereocenters. The highest BCUT2D eigenvalue weighted by Gasteiger charge is 2.34. The van der Waals surface area contributed by atoms with Crippen molar-refractivity contribution in [3.05, 3.63) is 82.3 Å². The van der Waals surface area contributed by atoms with Crippen molar-refractivity contribution in [1.82, 2.24) is 24.4 Å². The molecule has 0 saturated carbocycles. The van der Waals surface area contributed by atoms with Gasteiger partial charge in [0.15, 0.2) is 5.65 Å². The monoisotopic (exact) mass is 590 g/mol. The smallest absolute Gasteiger partial charge is 0.355 e. The van der Waals surface area contributed by atoms with E-state index >= 15 is 4.39 Å². The Hall–Kier alpha value is -4.31. The zero-order chi connectivity index (χ0) is 30.3. The summed E-state index contributed by atoms with van der Waals surface area (Å²) in [5.41, 5.74) is 1.30. The van der Waals surface area contributed by atoms with Crippen LogP contribution >= 0.6 is 11.6 Å². The molecule has 1 fully saturated rings. The van der Waals surface area contributed by atoms with E-state index in [2.05, 4.69) is 16.5 Å². The van der Waals surface area contributed by atoms with Crippen LogP contribution in [0.2, 0.25) is 5.02 Å². The lowest BCUT2D eigenvalue weighted by Gasteiger charge is -2.44. The zero-order valence-electron chi connectivity index (χ0n) is 24.1. The number of ether oxygens (including phenoxy) is 1. The maximum Gasteiger partial charge on any atom is 0.355 e. The van der Waals surface area contributed by atoms with Crippen LogP contribution in [0.15, 0.2) is 60.0 Å². The number of methoxy groups -OCH3 is 1. The molecule has 9 nitrogen and oxygen atoms in total. The number of carbonyl (C=O) groups excluding carboxylic acids is 1. The summed E-state index contributed by atoms with van der Waals surface area (Å²) in [7, 11) is 1.44. The van der Waals surface area contributed by atoms with E-state index in [-0.39, 0.29) is 41.0 Å². The van der Waals surface area contributed by atoms with Gasteiger partial charge >= 0.3 is 5.69 Å². The lowest BCUT2D eigenvalue weighted by molar-refractivity contribution is -0.128. The molecule has 11 heteroatoms. The quantitative estimate of drug-likeness (QED) is 0.278. The molecule has 0 radical (unpaired) electrons. The number of anilines is 1. The van der Waals surface area contributed by atoms with Crippen LogP contribution in [-0.2, 0) is 4.79 Å². The second kappa shape index (κ2) is 11.5. The van der Waals surface area contributed by atoms with Crippen molar-refractivity contribution >= 4 is 34.4 Å². The zero-order valence-corrected chi connectivity index (χ0v) is 24.9. The fraction of sp³-hybridized carbons (Fsp3) is 0.323. The van der Waals surface area contributed by atoms with Gasteiger partial charge in [-0.2, -0.15) is 9.97 Å². The van der Waals surface area contributed by atoms with Crippen molar-refractivity contribution in [3.8, 4) is 22.7 Å². The van der Waals surface area contributed by atoms with Gasteiger partial charge in [-0.05, 0) is 44.0 Å². The molecular weight excluding hydrogens is 559 g/mol. The van der Waals surface area contributed by atoms with Crippen LogP contribution in [0, 0.1) is 5.82 Å². The number of hydrogen-bond donors (Lipinski definition) is 0. The fourth-order valence-corrected chi connectivity index (χ4v) is 5.74. The van der Waals surface area contributed by atoms with Gasteiger partial charge in [-0.3, -0.25) is 9.78 Å². The van der Waals surface area contributed by atoms with Gasteiger partial charge in [0, 0.05) is 42.5 Å². The predicted molar refractivity (Wildman–Crippen MR) is 162 cm³/mol. The van der Waals surface area contributed by atoms with Crippen LogP contribution < -0.4 is 15.3 Å². The third kappa shape index (κ3) is 5.00. The minimum Gasteiger partial charge on any atom is -0.480 e. The summed E-state index contributed by atoms with van der Waals surface area (Å²) in [5, 5.41) is 0.801. The molecule has 1 aliphatic heterocycles. The van der Waals surface area contributed by atoms with Crippen LogP contribution in [-0.4, -0.2) is 62.6 Å². The van der Waals surface area contributed by atoms with E-state index in [1.165, 1.54) is 23.8 Å². The molecule has 1 amide bonds. The van der Waals surface area contributed by atoms with Gasteiger partial charge in [0.1, 0.15) is 11.6 Å². The Morgan fingerprint density at radius 2 is 1.88 bits per heavy atom. The molecule has 42 heavy (non-hydrogen) atoms. The first kappa shape index (κ1) is 29.2. The van der Waals surface area contributed by atoms with Crippen molar-refractivity contribution in [2.24, 2.45) is 0 Å². The maximum atomic E-state index is 15.1. The minimum absolute atomic E-state index is 0.0729. The van der Waals surface area contributed by atoms with E-state index in [9.17, 15) is 9.59 Å². The van der Waals surface area contributed by atoms with Crippen molar-refractivity contribution in [1.29, 1.82) is 0 Å². The molecule has 218 valence electrons. The molecule has 0 aliphatic carbocycles. The van der Waals surface area contributed by atoms with Gasteiger partial charge in [0.25, 0.3) is 0 Å². The Morgan fingerprint density at radius 1 is 1.14 bits per heavy atom. The molecule has 1 saturated heterocycles. The molecular formula is C31H32ClFN6O3. The normalized spacial score (nSPS) is 17.1. The molecule has 1 aromatic carbocycles. The van der Waals surface area contributed by atoms with Crippen LogP contribution in [0.1, 0.15) is 39.3 Å². The standard InChI is InChI=1S/C31H32ClFN6O3/c1-7-25(40)37-15-19(5)38(16-18(37)4)28-22-14-21(20-10-8-9-11-24(20)33)30(42-6)35-29(22)39(31(41)36-28)27-23(32)12-13-34-26(27)17(2)3/h7-14,17-19H,1,15-16H2,2-6H3. The maximum absolute atomic E-state index is 15.1. The number of piperazine rings is 1. The summed E-state index contributed by atoms with van der Waals surface area (Å²) in [6, 6.07) is 9.30. The van der Waals surface area contributed by atoms with Crippen molar-refractivity contribution in [3.63, 3.8) is 0 Å². The first-order valence-corrected chi connectivity index (χ1v) is 14.1. The molecule has 5 rings (SSSR count). The topological polar surface area (TPSA) is 93.5 Å². The second-order valence-electron chi connectivity index (χ2n) is 10.7. The highest BCUT2D eigenvalue weighted by atomic mass is 35.5. The fourth-order valence-electron chi connectivity index (χ4n) is 5.50. The van der Waals surface area contributed by atoms with Gasteiger partial charge in [-0.1, -0.05) is 50.2 Å². The number of fused-ring (bicyclic) bond motifs is 1. The largest absolute Gasteiger partial charge is 0.480 e. The third-order valence-electron chi connectivity index (χ3n) is 7.56. The molecule has 0 spiro atoms. The van der Waals surface area contributed by atoms with E-state index in [0.29, 0.717) is 46.3 Å². The number of amides is 1. The van der Waals surface area contributed by atoms with E-state index in [4.69, 9.17) is 21.3 Å². The van der Waals surface area contributed by atoms with Crippen molar-refractivity contribution in [2.45, 2.75) is 45.7 Å². The van der Waals surface area contributed by atoms with E-state index in [1.54, 1.807) is 41.4 Å². The van der Waals surface area contributed by atoms with Crippen molar-refractivity contribution < 1.29 is 13.9 Å². The van der Waals surface area contributed by atoms with E-state index in [0.717, 1.165) is 0 Å². The molecule has 1 aliphatic rings. The van der Waals surface area contributed by atoms with Gasteiger partial charge in [-0.15, -0.1) is 0 Å². The Labute approximate surface area is 248 Å². The number of pyridine rings is 2. The highest BCUT2D eigenvalue weighted by Crippen LogP contribution is 2.38. The Morgan fingerprint density at radius 3 is 2.55 bits per heavy atom. The molecule has 2 unspecified atom stereocenters. The summed E-state index contributed by atoms with van der Waals surface area (Å²) in [4.78, 5) is 44.1. The lowest BCUT2D eigenvalue weighted by atomic mass is 10.0. The summed E-state index contributed by atoms with van der Waals surface area (Å²) >= 11 is 6.70. The predicted octanol–water partition coefficient (Wildman–Crippen LogP) is 5.38. The Bertz CT molecular complexity index is 1760. The summed E-state index contributed by atoms with van der Waals surface area (Å²) in [5.74, 6) is -0.183. The van der Waals surface area contributed by atoms with Crippen LogP contribution in [0.25, 0.3) is 27.8 Å². The van der Waals surface area contributed by atoms with Crippen molar-refractivity contribution in [2.75, 3.05) is 25.1 Å². The lowest BCUT2D eigenvalue weighted by Crippen LogP contribution is -2.58. The van der Waals surface area contributed by atoms with E-state index in [1.807, 2.05) is 32.6 Å². The molecule has 4 aromatic rings. The summed E-state index contributed by atoms with van der Waals surface area (Å²) in [6.45, 7) is 12.2. The molecule has 0 bridgehead atoms. The van der Waals surface area contributed by atoms with Crippen LogP contribution in [0.4, 0.5) is 10.2 Å². The number of benzene rings is 1. The first-order chi connectivity index (χ1) is 20.1. The summed E-state index contributed by atoms with van der Waals surface area (Å²) in [6.07, 6.45) is 2.89. The second-order valence-corrected chi connectivity index (χ2v) is 11.1. The third-order valence-corrected chi connectivity index (χ3v) is 7.86. The number of aromatic nitrogens is 4. The van der Waals surface area contributed by atoms with Crippen LogP contribution in [0.3, 0.4) is 0 Å². The minimum atomic E-state index is -0.605.